The third kappa shape index (κ3) is 3.99. The van der Waals surface area contributed by atoms with Gasteiger partial charge in [-0.15, -0.1) is 0 Å². The summed E-state index contributed by atoms with van der Waals surface area (Å²) in [6, 6.07) is -0.299. The number of alkyl halides is 3. The molecule has 0 radical (unpaired) electrons. The Bertz CT molecular complexity index is 423. The third-order valence-electron chi connectivity index (χ3n) is 5.72. The maximum absolute atomic E-state index is 12.7. The van der Waals surface area contributed by atoms with Gasteiger partial charge in [0.05, 0.1) is 0 Å². The number of nitrogens with one attached hydrogen (secondary N) is 1. The quantitative estimate of drug-likeness (QED) is 0.858. The van der Waals surface area contributed by atoms with E-state index in [1.54, 1.807) is 4.90 Å². The third-order valence-corrected chi connectivity index (χ3v) is 5.72. The topological polar surface area (TPSA) is 35.6 Å². The Balaban J connectivity index is 1.45. The van der Waals surface area contributed by atoms with Crippen LogP contribution in [0.1, 0.15) is 39.0 Å². The largest absolute Gasteiger partial charge is 0.403 e. The van der Waals surface area contributed by atoms with Gasteiger partial charge in [-0.3, -0.25) is 9.69 Å². The highest BCUT2D eigenvalue weighted by Crippen LogP contribution is 2.33. The lowest BCUT2D eigenvalue weighted by molar-refractivity contribution is -0.183. The number of halogens is 3. The summed E-state index contributed by atoms with van der Waals surface area (Å²) in [5, 5.41) is 3.57. The molecule has 1 N–H and O–H groups in total. The molecule has 0 aromatic heterocycles. The SMILES string of the molecule is CC(N1CCN(C(=O)CC2CC3CCC(C2)N3)CC1)C(F)(F)F. The maximum Gasteiger partial charge on any atom is 0.403 e. The fraction of sp³-hybridized carbons (Fsp3) is 0.938. The highest BCUT2D eigenvalue weighted by molar-refractivity contribution is 5.76. The fourth-order valence-electron chi connectivity index (χ4n) is 4.28. The zero-order valence-corrected chi connectivity index (χ0v) is 13.6. The van der Waals surface area contributed by atoms with Gasteiger partial charge in [0.25, 0.3) is 0 Å². The van der Waals surface area contributed by atoms with Crippen molar-refractivity contribution in [2.75, 3.05) is 26.2 Å². The predicted octanol–water partition coefficient (Wildman–Crippen LogP) is 2.00. The van der Waals surface area contributed by atoms with Gasteiger partial charge in [0, 0.05) is 44.7 Å². The predicted molar refractivity (Wildman–Crippen MR) is 81.0 cm³/mol. The number of fused-ring (bicyclic) bond motifs is 2. The average Bonchev–Trinajstić information content (AvgIpc) is 2.84. The number of piperazine rings is 1. The molecule has 3 saturated heterocycles. The Kier molecular flexibility index (Phi) is 4.88. The van der Waals surface area contributed by atoms with E-state index in [2.05, 4.69) is 5.32 Å². The summed E-state index contributed by atoms with van der Waals surface area (Å²) >= 11 is 0. The van der Waals surface area contributed by atoms with Gasteiger partial charge in [-0.2, -0.15) is 13.2 Å². The van der Waals surface area contributed by atoms with Crippen LogP contribution in [0.4, 0.5) is 13.2 Å². The molecule has 1 amide bonds. The van der Waals surface area contributed by atoms with Crippen molar-refractivity contribution in [3.05, 3.63) is 0 Å². The van der Waals surface area contributed by atoms with Crippen molar-refractivity contribution >= 4 is 5.91 Å². The molecule has 4 nitrogen and oxygen atoms in total. The van der Waals surface area contributed by atoms with Gasteiger partial charge in [0.1, 0.15) is 6.04 Å². The van der Waals surface area contributed by atoms with E-state index in [1.165, 1.54) is 24.7 Å². The number of hydrogen-bond acceptors (Lipinski definition) is 3. The molecular formula is C16H26F3N3O. The van der Waals surface area contributed by atoms with Gasteiger partial charge in [-0.05, 0) is 38.5 Å². The van der Waals surface area contributed by atoms with Crippen LogP contribution in [0.3, 0.4) is 0 Å². The van der Waals surface area contributed by atoms with Crippen LogP contribution in [0.25, 0.3) is 0 Å². The molecule has 3 fully saturated rings. The summed E-state index contributed by atoms with van der Waals surface area (Å²) in [6.07, 6.45) is 0.914. The van der Waals surface area contributed by atoms with Crippen LogP contribution in [-0.4, -0.2) is 66.2 Å². The fourth-order valence-corrected chi connectivity index (χ4v) is 4.28. The van der Waals surface area contributed by atoms with Crippen LogP contribution in [0.5, 0.6) is 0 Å². The number of carbonyl (C=O) groups excluding carboxylic acids is 1. The van der Waals surface area contributed by atoms with Gasteiger partial charge in [-0.1, -0.05) is 0 Å². The number of hydrogen-bond donors (Lipinski definition) is 1. The molecule has 3 unspecified atom stereocenters. The lowest BCUT2D eigenvalue weighted by Crippen LogP contribution is -2.55. The minimum Gasteiger partial charge on any atom is -0.340 e. The lowest BCUT2D eigenvalue weighted by Gasteiger charge is -2.39. The number of nitrogens with zero attached hydrogens (tertiary/aromatic N) is 2. The van der Waals surface area contributed by atoms with Gasteiger partial charge in [0.2, 0.25) is 5.91 Å². The van der Waals surface area contributed by atoms with Gasteiger partial charge >= 0.3 is 6.18 Å². The van der Waals surface area contributed by atoms with Crippen molar-refractivity contribution in [1.29, 1.82) is 0 Å². The second kappa shape index (κ2) is 6.59. The first kappa shape index (κ1) is 17.0. The lowest BCUT2D eigenvalue weighted by atomic mass is 9.89. The van der Waals surface area contributed by atoms with E-state index in [4.69, 9.17) is 0 Å². The van der Waals surface area contributed by atoms with Gasteiger partial charge in [0.15, 0.2) is 0 Å². The molecule has 0 aromatic carbocycles. The minimum absolute atomic E-state index is 0.121. The second-order valence-corrected chi connectivity index (χ2v) is 7.31. The molecular weight excluding hydrogens is 307 g/mol. The van der Waals surface area contributed by atoms with Crippen LogP contribution >= 0.6 is 0 Å². The Morgan fingerprint density at radius 3 is 2.22 bits per heavy atom. The van der Waals surface area contributed by atoms with Crippen molar-refractivity contribution in [2.24, 2.45) is 5.92 Å². The summed E-state index contributed by atoms with van der Waals surface area (Å²) in [7, 11) is 0. The second-order valence-electron chi connectivity index (χ2n) is 7.31. The molecule has 132 valence electrons. The molecule has 3 rings (SSSR count). The zero-order chi connectivity index (χ0) is 16.6. The maximum atomic E-state index is 12.7. The summed E-state index contributed by atoms with van der Waals surface area (Å²) in [5.74, 6) is 0.559. The number of piperidine rings is 1. The molecule has 0 aliphatic carbocycles. The molecule has 7 heteroatoms. The Labute approximate surface area is 135 Å². The van der Waals surface area contributed by atoms with E-state index in [0.29, 0.717) is 50.6 Å². The minimum atomic E-state index is -4.19. The van der Waals surface area contributed by atoms with E-state index < -0.39 is 12.2 Å². The highest BCUT2D eigenvalue weighted by Gasteiger charge is 2.41. The standard InChI is InChI=1S/C16H26F3N3O/c1-11(16(17,18)19)21-4-6-22(7-5-21)15(23)10-12-8-13-2-3-14(9-12)20-13/h11-14,20H,2-10H2,1H3. The van der Waals surface area contributed by atoms with E-state index in [1.807, 2.05) is 0 Å². The summed E-state index contributed by atoms with van der Waals surface area (Å²) in [4.78, 5) is 15.6. The van der Waals surface area contributed by atoms with Gasteiger partial charge < -0.3 is 10.2 Å². The first-order chi connectivity index (χ1) is 10.8. The summed E-state index contributed by atoms with van der Waals surface area (Å²) in [5.41, 5.74) is 0. The van der Waals surface area contributed by atoms with Crippen molar-refractivity contribution in [3.63, 3.8) is 0 Å². The smallest absolute Gasteiger partial charge is 0.340 e. The van der Waals surface area contributed by atoms with Crippen LogP contribution in [0, 0.1) is 5.92 Å². The molecule has 0 aromatic rings. The van der Waals surface area contributed by atoms with Crippen LogP contribution in [0.15, 0.2) is 0 Å². The molecule has 2 bridgehead atoms. The molecule has 3 heterocycles. The summed E-state index contributed by atoms with van der Waals surface area (Å²) in [6.45, 7) is 2.64. The first-order valence-corrected chi connectivity index (χ1v) is 8.67. The molecule has 3 atom stereocenters. The Morgan fingerprint density at radius 2 is 1.70 bits per heavy atom. The van der Waals surface area contributed by atoms with Crippen LogP contribution < -0.4 is 5.32 Å². The van der Waals surface area contributed by atoms with Crippen molar-refractivity contribution in [3.8, 4) is 0 Å². The first-order valence-electron chi connectivity index (χ1n) is 8.67. The summed E-state index contributed by atoms with van der Waals surface area (Å²) < 4.78 is 38.2. The molecule has 0 spiro atoms. The van der Waals surface area contributed by atoms with Crippen molar-refractivity contribution < 1.29 is 18.0 Å². The number of amides is 1. The van der Waals surface area contributed by atoms with Gasteiger partial charge in [-0.25, -0.2) is 0 Å². The Morgan fingerprint density at radius 1 is 1.13 bits per heavy atom. The highest BCUT2D eigenvalue weighted by atomic mass is 19.4. The molecule has 23 heavy (non-hydrogen) atoms. The molecule has 0 saturated carbocycles. The normalized spacial score (nSPS) is 33.7. The van der Waals surface area contributed by atoms with Crippen LogP contribution in [-0.2, 0) is 4.79 Å². The monoisotopic (exact) mass is 333 g/mol. The van der Waals surface area contributed by atoms with E-state index in [0.717, 1.165) is 12.8 Å². The van der Waals surface area contributed by atoms with E-state index in [9.17, 15) is 18.0 Å². The number of carbonyl (C=O) groups is 1. The van der Waals surface area contributed by atoms with Crippen LogP contribution in [0.2, 0.25) is 0 Å². The number of rotatable bonds is 3. The molecule has 3 aliphatic heterocycles. The average molecular weight is 333 g/mol. The van der Waals surface area contributed by atoms with Crippen molar-refractivity contribution in [2.45, 2.75) is 63.3 Å². The zero-order valence-electron chi connectivity index (χ0n) is 13.6. The Hall–Kier alpha value is -0.820. The molecule has 3 aliphatic rings. The van der Waals surface area contributed by atoms with E-state index in [-0.39, 0.29) is 5.91 Å². The van der Waals surface area contributed by atoms with Crippen molar-refractivity contribution in [1.82, 2.24) is 15.1 Å². The van der Waals surface area contributed by atoms with E-state index >= 15 is 0 Å².